The number of halogens is 2. The van der Waals surface area contributed by atoms with Gasteiger partial charge in [-0.3, -0.25) is 4.79 Å². The highest BCUT2D eigenvalue weighted by Gasteiger charge is 2.51. The Morgan fingerprint density at radius 1 is 1.70 bits per heavy atom. The summed E-state index contributed by atoms with van der Waals surface area (Å²) in [6, 6.07) is 3.58. The first kappa shape index (κ1) is 15.7. The van der Waals surface area contributed by atoms with E-state index in [1.54, 1.807) is 12.1 Å². The van der Waals surface area contributed by atoms with E-state index in [4.69, 9.17) is 17.3 Å². The predicted octanol–water partition coefficient (Wildman–Crippen LogP) is 1.98. The molecule has 0 unspecified atom stereocenters. The van der Waals surface area contributed by atoms with Crippen molar-refractivity contribution in [1.82, 2.24) is 4.72 Å². The maximum absolute atomic E-state index is 12.1. The molecule has 7 heteroatoms. The molecule has 0 saturated carbocycles. The fraction of sp³-hybridized carbons (Fsp3) is 0.308. The first-order valence-corrected chi connectivity index (χ1v) is 7.94. The number of carbonyl (C=O) groups excluding carboxylic acids is 1. The minimum absolute atomic E-state index is 0.140. The number of primary amides is 1. The van der Waals surface area contributed by atoms with Crippen LogP contribution in [0.15, 0.2) is 29.3 Å². The second kappa shape index (κ2) is 5.97. The molecule has 0 aromatic heterocycles. The maximum Gasteiger partial charge on any atom is 0.243 e. The number of thiol groups is 1. The highest BCUT2D eigenvalue weighted by molar-refractivity contribution is 9.10. The zero-order chi connectivity index (χ0) is 14.9. The minimum atomic E-state index is -1.17. The molecule has 2 atom stereocenters. The molecule has 1 amide bonds. The predicted molar refractivity (Wildman–Crippen MR) is 84.7 cm³/mol. The number of nitrogens with two attached hydrogens (primary N) is 1. The average Bonchev–Trinajstić information content (AvgIpc) is 2.66. The first-order valence-electron chi connectivity index (χ1n) is 5.96. The third kappa shape index (κ3) is 2.35. The van der Waals surface area contributed by atoms with Gasteiger partial charge in [-0.2, -0.15) is 0 Å². The summed E-state index contributed by atoms with van der Waals surface area (Å²) >= 11 is 9.10. The number of amides is 1. The Labute approximate surface area is 134 Å². The largest absolute Gasteiger partial charge is 0.368 e. The molecule has 0 bridgehead atoms. The maximum atomic E-state index is 12.1. The molecular formula is C13H14BrClN2O2S. The minimum Gasteiger partial charge on any atom is -0.368 e. The monoisotopic (exact) mass is 376 g/mol. The van der Waals surface area contributed by atoms with Gasteiger partial charge in [0.15, 0.2) is 0 Å². The van der Waals surface area contributed by atoms with Crippen LogP contribution in [0, 0.1) is 5.92 Å². The Bertz CT molecular complexity index is 596. The Morgan fingerprint density at radius 2 is 2.40 bits per heavy atom. The lowest BCUT2D eigenvalue weighted by Gasteiger charge is -2.32. The van der Waals surface area contributed by atoms with Crippen LogP contribution in [0.5, 0.6) is 0 Å². The van der Waals surface area contributed by atoms with Crippen molar-refractivity contribution in [3.63, 3.8) is 0 Å². The van der Waals surface area contributed by atoms with Crippen LogP contribution in [0.4, 0.5) is 0 Å². The summed E-state index contributed by atoms with van der Waals surface area (Å²) < 4.78 is 14.5. The van der Waals surface area contributed by atoms with Gasteiger partial charge in [0.05, 0.1) is 16.9 Å². The topological polar surface area (TPSA) is 72.2 Å². The van der Waals surface area contributed by atoms with E-state index in [0.29, 0.717) is 22.3 Å². The fourth-order valence-corrected chi connectivity index (χ4v) is 3.92. The van der Waals surface area contributed by atoms with Crippen molar-refractivity contribution < 1.29 is 9.00 Å². The van der Waals surface area contributed by atoms with Gasteiger partial charge < -0.3 is 5.73 Å². The lowest BCUT2D eigenvalue weighted by atomic mass is 9.82. The molecule has 0 heterocycles. The molecule has 1 aliphatic rings. The normalized spacial score (nSPS) is 24.4. The van der Waals surface area contributed by atoms with Crippen molar-refractivity contribution in [2.24, 2.45) is 11.7 Å². The number of rotatable bonds is 5. The summed E-state index contributed by atoms with van der Waals surface area (Å²) in [4.78, 5) is 12.1. The highest BCUT2D eigenvalue weighted by atomic mass is 79.9. The van der Waals surface area contributed by atoms with Crippen LogP contribution in [0.3, 0.4) is 0 Å². The van der Waals surface area contributed by atoms with Gasteiger partial charge in [0.25, 0.3) is 0 Å². The van der Waals surface area contributed by atoms with Gasteiger partial charge in [-0.25, -0.2) is 8.93 Å². The molecule has 1 aromatic carbocycles. The van der Waals surface area contributed by atoms with E-state index in [0.717, 1.165) is 11.1 Å². The highest BCUT2D eigenvalue weighted by Crippen LogP contribution is 2.45. The second-order valence-corrected chi connectivity index (χ2v) is 6.39. The third-order valence-corrected chi connectivity index (χ3v) is 5.35. The van der Waals surface area contributed by atoms with Crippen LogP contribution in [-0.2, 0) is 28.6 Å². The average molecular weight is 378 g/mol. The van der Waals surface area contributed by atoms with Crippen LogP contribution in [0.25, 0.3) is 0 Å². The summed E-state index contributed by atoms with van der Waals surface area (Å²) in [7, 11) is 0. The first-order chi connectivity index (χ1) is 9.47. The molecule has 3 N–H and O–H groups in total. The van der Waals surface area contributed by atoms with E-state index in [2.05, 4.69) is 27.2 Å². The molecule has 4 nitrogen and oxygen atoms in total. The van der Waals surface area contributed by atoms with Crippen molar-refractivity contribution in [3.05, 3.63) is 45.4 Å². The smallest absolute Gasteiger partial charge is 0.243 e. The summed E-state index contributed by atoms with van der Waals surface area (Å²) in [5.41, 5.74) is 6.10. The number of hydrogen-bond donors (Lipinski definition) is 3. The molecule has 0 spiro atoms. The van der Waals surface area contributed by atoms with Gasteiger partial charge in [-0.05, 0) is 57.9 Å². The van der Waals surface area contributed by atoms with Crippen molar-refractivity contribution in [1.29, 1.82) is 0 Å². The van der Waals surface area contributed by atoms with Crippen molar-refractivity contribution in [2.75, 3.05) is 0 Å². The molecule has 108 valence electrons. The van der Waals surface area contributed by atoms with Gasteiger partial charge in [-0.1, -0.05) is 17.7 Å². The van der Waals surface area contributed by atoms with Crippen molar-refractivity contribution in [2.45, 2.75) is 18.4 Å². The van der Waals surface area contributed by atoms with Crippen molar-refractivity contribution >= 4 is 45.3 Å². The van der Waals surface area contributed by atoms with E-state index < -0.39 is 11.4 Å². The Kier molecular flexibility index (Phi) is 4.69. The summed E-state index contributed by atoms with van der Waals surface area (Å²) in [6.45, 7) is 3.71. The van der Waals surface area contributed by atoms with Crippen LogP contribution >= 0.6 is 27.5 Å². The quantitative estimate of drug-likeness (QED) is 0.542. The molecule has 0 radical (unpaired) electrons. The standard InChI is InChI=1S/C13H14BrClN2O2S/c1-2-3-8-4-7-5-11(15)10(14)6-9(7)13(8,12(16)18)17-20-19/h2,5-6,8,20H,1,3-4H2,(H2,16,18)(H,17,19)/t8-,13+/m0/s1. The second-order valence-electron chi connectivity index (χ2n) is 4.72. The third-order valence-electron chi connectivity index (χ3n) is 3.71. The molecule has 1 aromatic rings. The summed E-state index contributed by atoms with van der Waals surface area (Å²) in [6.07, 6.45) is 2.93. The number of hydrogen-bond acceptors (Lipinski definition) is 2. The van der Waals surface area contributed by atoms with Gasteiger partial charge in [0.1, 0.15) is 5.54 Å². The fourth-order valence-electron chi connectivity index (χ4n) is 2.84. The van der Waals surface area contributed by atoms with Gasteiger partial charge in [0.2, 0.25) is 5.91 Å². The summed E-state index contributed by atoms with van der Waals surface area (Å²) in [5, 5.41) is 0.570. The Balaban J connectivity index is 2.67. The molecule has 20 heavy (non-hydrogen) atoms. The van der Waals surface area contributed by atoms with Gasteiger partial charge in [0, 0.05) is 4.47 Å². The lowest BCUT2D eigenvalue weighted by Crippen LogP contribution is -2.54. The number of benzene rings is 1. The van der Waals surface area contributed by atoms with E-state index in [9.17, 15) is 9.00 Å². The van der Waals surface area contributed by atoms with E-state index >= 15 is 0 Å². The number of fused-ring (bicyclic) bond motifs is 1. The molecule has 0 saturated heterocycles. The van der Waals surface area contributed by atoms with Crippen LogP contribution in [0.1, 0.15) is 17.5 Å². The number of allylic oxidation sites excluding steroid dienone is 1. The van der Waals surface area contributed by atoms with Crippen LogP contribution < -0.4 is 10.5 Å². The Morgan fingerprint density at radius 3 is 2.95 bits per heavy atom. The van der Waals surface area contributed by atoms with E-state index in [1.807, 2.05) is 6.07 Å². The Hall–Kier alpha value is -0.690. The SMILES string of the molecule is C=CC[C@H]1Cc2cc(Cl)c(Br)cc2[C@@]1(N[SH]=O)C(N)=O. The number of nitrogens with one attached hydrogen (secondary N) is 1. The zero-order valence-corrected chi connectivity index (χ0v) is 13.8. The van der Waals surface area contributed by atoms with E-state index in [-0.39, 0.29) is 17.8 Å². The van der Waals surface area contributed by atoms with Crippen LogP contribution in [0.2, 0.25) is 5.02 Å². The van der Waals surface area contributed by atoms with E-state index in [1.165, 1.54) is 0 Å². The lowest BCUT2D eigenvalue weighted by molar-refractivity contribution is -0.125. The van der Waals surface area contributed by atoms with Crippen molar-refractivity contribution in [3.8, 4) is 0 Å². The molecular weight excluding hydrogens is 364 g/mol. The molecule has 0 fully saturated rings. The zero-order valence-electron chi connectivity index (χ0n) is 10.5. The summed E-state index contributed by atoms with van der Waals surface area (Å²) in [5.74, 6) is -0.694. The molecule has 2 rings (SSSR count). The molecule has 0 aliphatic heterocycles. The number of carbonyl (C=O) groups is 1. The van der Waals surface area contributed by atoms with Crippen LogP contribution in [-0.4, -0.2) is 10.1 Å². The van der Waals surface area contributed by atoms with Gasteiger partial charge >= 0.3 is 0 Å². The van der Waals surface area contributed by atoms with Gasteiger partial charge in [-0.15, -0.1) is 6.58 Å². The molecule has 1 aliphatic carbocycles.